The van der Waals surface area contributed by atoms with Crippen molar-refractivity contribution in [3.63, 3.8) is 0 Å². The van der Waals surface area contributed by atoms with Crippen LogP contribution in [0.1, 0.15) is 72.0 Å². The van der Waals surface area contributed by atoms with Gasteiger partial charge in [0.25, 0.3) is 5.91 Å². The van der Waals surface area contributed by atoms with Gasteiger partial charge >= 0.3 is 0 Å². The van der Waals surface area contributed by atoms with Crippen molar-refractivity contribution in [2.75, 3.05) is 18.4 Å². The van der Waals surface area contributed by atoms with E-state index in [-0.39, 0.29) is 5.91 Å². The Bertz CT molecular complexity index is 918. The molecule has 3 fully saturated rings. The number of hydrogen-bond acceptors (Lipinski definition) is 2. The minimum Gasteiger partial charge on any atom is -0.378 e. The van der Waals surface area contributed by atoms with Crippen molar-refractivity contribution in [1.29, 1.82) is 0 Å². The molecule has 2 heterocycles. The van der Waals surface area contributed by atoms with E-state index in [4.69, 9.17) is 0 Å². The summed E-state index contributed by atoms with van der Waals surface area (Å²) in [4.78, 5) is 15.2. The van der Waals surface area contributed by atoms with Crippen LogP contribution in [0.3, 0.4) is 0 Å². The van der Waals surface area contributed by atoms with Crippen LogP contribution in [0.2, 0.25) is 0 Å². The lowest BCUT2D eigenvalue weighted by atomic mass is 9.68. The van der Waals surface area contributed by atoms with Crippen molar-refractivity contribution in [1.82, 2.24) is 4.90 Å². The number of rotatable bonds is 2. The monoisotopic (exact) mass is 386 g/mol. The molecule has 2 bridgehead atoms. The summed E-state index contributed by atoms with van der Waals surface area (Å²) in [6.45, 7) is 1.84. The van der Waals surface area contributed by atoms with Gasteiger partial charge in [-0.15, -0.1) is 0 Å². The van der Waals surface area contributed by atoms with Crippen LogP contribution in [-0.4, -0.2) is 23.9 Å². The van der Waals surface area contributed by atoms with E-state index in [0.29, 0.717) is 17.9 Å². The van der Waals surface area contributed by atoms with Gasteiger partial charge in [0.2, 0.25) is 0 Å². The van der Waals surface area contributed by atoms with Crippen molar-refractivity contribution in [2.24, 2.45) is 17.8 Å². The van der Waals surface area contributed by atoms with Gasteiger partial charge in [0.1, 0.15) is 0 Å². The van der Waals surface area contributed by atoms with Crippen LogP contribution in [0.15, 0.2) is 48.5 Å². The number of nitrogens with zero attached hydrogens (tertiary/aromatic N) is 1. The van der Waals surface area contributed by atoms with E-state index in [9.17, 15) is 4.79 Å². The molecule has 3 heteroatoms. The maximum Gasteiger partial charge on any atom is 0.253 e. The second-order valence-electron chi connectivity index (χ2n) is 9.62. The van der Waals surface area contributed by atoms with Crippen LogP contribution in [0.4, 0.5) is 5.69 Å². The van der Waals surface area contributed by atoms with Gasteiger partial charge in [0.05, 0.1) is 6.04 Å². The lowest BCUT2D eigenvalue weighted by Crippen LogP contribution is -2.37. The Balaban J connectivity index is 1.38. The molecule has 6 rings (SSSR count). The van der Waals surface area contributed by atoms with E-state index < -0.39 is 0 Å². The first-order valence-electron chi connectivity index (χ1n) is 11.5. The molecule has 3 nitrogen and oxygen atoms in total. The quantitative estimate of drug-likeness (QED) is 0.728. The Morgan fingerprint density at radius 1 is 0.931 bits per heavy atom. The third kappa shape index (κ3) is 2.81. The molecule has 5 atom stereocenters. The summed E-state index contributed by atoms with van der Waals surface area (Å²) in [6.07, 6.45) is 7.64. The van der Waals surface area contributed by atoms with E-state index >= 15 is 0 Å². The van der Waals surface area contributed by atoms with Crippen molar-refractivity contribution in [2.45, 2.75) is 50.5 Å². The molecule has 2 aliphatic heterocycles. The average molecular weight is 387 g/mol. The highest BCUT2D eigenvalue weighted by Crippen LogP contribution is 2.63. The lowest BCUT2D eigenvalue weighted by molar-refractivity contribution is 0.0724. The molecule has 2 aromatic rings. The molecule has 0 spiro atoms. The Hall–Kier alpha value is -2.29. The summed E-state index contributed by atoms with van der Waals surface area (Å²) in [6, 6.07) is 17.9. The fourth-order valence-electron chi connectivity index (χ4n) is 6.89. The minimum atomic E-state index is 0.234. The van der Waals surface area contributed by atoms with E-state index in [1.54, 1.807) is 0 Å². The first kappa shape index (κ1) is 17.6. The van der Waals surface area contributed by atoms with Gasteiger partial charge in [-0.3, -0.25) is 4.79 Å². The van der Waals surface area contributed by atoms with Crippen LogP contribution in [0, 0.1) is 17.8 Å². The third-order valence-electron chi connectivity index (χ3n) is 8.14. The highest BCUT2D eigenvalue weighted by atomic mass is 16.2. The van der Waals surface area contributed by atoms with Gasteiger partial charge < -0.3 is 10.2 Å². The van der Waals surface area contributed by atoms with Crippen LogP contribution >= 0.6 is 0 Å². The molecule has 1 saturated heterocycles. The lowest BCUT2D eigenvalue weighted by Gasteiger charge is -2.43. The Morgan fingerprint density at radius 3 is 2.55 bits per heavy atom. The number of piperidine rings is 1. The van der Waals surface area contributed by atoms with Crippen LogP contribution in [0.5, 0.6) is 0 Å². The number of anilines is 1. The standard InChI is InChI=1S/C26H30N2O/c29-26(28-13-5-2-6-14-28)20-11-12-22-21(16-20)23-18-9-10-19(15-18)24(23)25(27-22)17-7-3-1-4-8-17/h1,3-4,7-8,11-12,16,18-19,23-25,27H,2,5-6,9-10,13-15H2/t18-,19-,23+,24+,25+/m0/s1. The normalized spacial score (nSPS) is 32.4. The third-order valence-corrected chi connectivity index (χ3v) is 8.14. The number of carbonyl (C=O) groups is 1. The minimum absolute atomic E-state index is 0.234. The molecule has 1 amide bonds. The predicted molar refractivity (Wildman–Crippen MR) is 116 cm³/mol. The van der Waals surface area contributed by atoms with Gasteiger partial charge in [-0.2, -0.15) is 0 Å². The second kappa shape index (κ2) is 6.90. The van der Waals surface area contributed by atoms with Crippen molar-refractivity contribution in [3.8, 4) is 0 Å². The van der Waals surface area contributed by atoms with Gasteiger partial charge in [0.15, 0.2) is 0 Å². The topological polar surface area (TPSA) is 32.3 Å². The zero-order valence-corrected chi connectivity index (χ0v) is 17.0. The largest absolute Gasteiger partial charge is 0.378 e. The molecule has 29 heavy (non-hydrogen) atoms. The van der Waals surface area contributed by atoms with E-state index in [1.807, 2.05) is 0 Å². The maximum absolute atomic E-state index is 13.1. The molecule has 2 aliphatic carbocycles. The summed E-state index contributed by atoms with van der Waals surface area (Å²) >= 11 is 0. The summed E-state index contributed by atoms with van der Waals surface area (Å²) in [5.74, 6) is 3.10. The van der Waals surface area contributed by atoms with Crippen LogP contribution in [0.25, 0.3) is 0 Å². The highest BCUT2D eigenvalue weighted by molar-refractivity contribution is 5.95. The second-order valence-corrected chi connectivity index (χ2v) is 9.62. The van der Waals surface area contributed by atoms with Crippen molar-refractivity contribution >= 4 is 11.6 Å². The van der Waals surface area contributed by atoms with Crippen LogP contribution in [-0.2, 0) is 0 Å². The van der Waals surface area contributed by atoms with Crippen LogP contribution < -0.4 is 5.32 Å². The average Bonchev–Trinajstić information content (AvgIpc) is 3.42. The summed E-state index contributed by atoms with van der Waals surface area (Å²) in [5.41, 5.74) is 4.97. The first-order chi connectivity index (χ1) is 14.3. The van der Waals surface area contributed by atoms with Gasteiger partial charge in [0, 0.05) is 24.3 Å². The molecule has 2 saturated carbocycles. The fraction of sp³-hybridized carbons (Fsp3) is 0.500. The number of fused-ring (bicyclic) bond motifs is 7. The zero-order valence-electron chi connectivity index (χ0n) is 17.0. The molecule has 0 unspecified atom stereocenters. The van der Waals surface area contributed by atoms with Gasteiger partial charge in [-0.25, -0.2) is 0 Å². The number of benzene rings is 2. The fourth-order valence-corrected chi connectivity index (χ4v) is 6.89. The molecule has 0 aromatic heterocycles. The number of amides is 1. The SMILES string of the molecule is O=C(c1ccc2c(c1)[C@H]1[C@H]3CC[C@@H](C3)[C@H]1[C@@H](c1ccccc1)N2)N1CCCCC1. The number of nitrogens with one attached hydrogen (secondary N) is 1. The van der Waals surface area contributed by atoms with E-state index in [0.717, 1.165) is 43.3 Å². The van der Waals surface area contributed by atoms with Crippen molar-refractivity contribution in [3.05, 3.63) is 65.2 Å². The number of likely N-dealkylation sites (tertiary alicyclic amines) is 1. The molecule has 4 aliphatic rings. The molecule has 2 aromatic carbocycles. The van der Waals surface area contributed by atoms with Gasteiger partial charge in [-0.05, 0) is 91.5 Å². The zero-order chi connectivity index (χ0) is 19.4. The molecule has 0 radical (unpaired) electrons. The Labute approximate surface area is 173 Å². The highest BCUT2D eigenvalue weighted by Gasteiger charge is 2.53. The maximum atomic E-state index is 13.1. The molecule has 150 valence electrons. The predicted octanol–water partition coefficient (Wildman–Crippen LogP) is 5.61. The Kier molecular flexibility index (Phi) is 4.18. The molecular formula is C26H30N2O. The number of hydrogen-bond donors (Lipinski definition) is 1. The summed E-state index contributed by atoms with van der Waals surface area (Å²) in [7, 11) is 0. The van der Waals surface area contributed by atoms with E-state index in [1.165, 1.54) is 42.5 Å². The number of carbonyl (C=O) groups excluding carboxylic acids is 1. The Morgan fingerprint density at radius 2 is 1.72 bits per heavy atom. The molecule has 1 N–H and O–H groups in total. The van der Waals surface area contributed by atoms with Crippen molar-refractivity contribution < 1.29 is 4.79 Å². The first-order valence-corrected chi connectivity index (χ1v) is 11.5. The summed E-state index contributed by atoms with van der Waals surface area (Å²) < 4.78 is 0. The molecular weight excluding hydrogens is 356 g/mol. The van der Waals surface area contributed by atoms with E-state index in [2.05, 4.69) is 58.7 Å². The summed E-state index contributed by atoms with van der Waals surface area (Å²) in [5, 5.41) is 3.89. The van der Waals surface area contributed by atoms with Gasteiger partial charge in [-0.1, -0.05) is 30.3 Å². The smallest absolute Gasteiger partial charge is 0.253 e.